The summed E-state index contributed by atoms with van der Waals surface area (Å²) >= 11 is 0. The van der Waals surface area contributed by atoms with Crippen LogP contribution >= 0.6 is 0 Å². The van der Waals surface area contributed by atoms with E-state index in [0.29, 0.717) is 12.5 Å². The molecule has 1 saturated carbocycles. The molecule has 1 aromatic rings. The molecule has 0 aromatic heterocycles. The Bertz CT molecular complexity index is 586. The van der Waals surface area contributed by atoms with Gasteiger partial charge in [0, 0.05) is 19.6 Å². The summed E-state index contributed by atoms with van der Waals surface area (Å²) in [5, 5.41) is 0. The molecule has 2 atom stereocenters. The molecule has 1 aromatic carbocycles. The summed E-state index contributed by atoms with van der Waals surface area (Å²) < 4.78 is 13.4. The van der Waals surface area contributed by atoms with E-state index in [-0.39, 0.29) is 17.8 Å². The lowest BCUT2D eigenvalue weighted by Crippen LogP contribution is -2.59. The number of carbonyl (C=O) groups excluding carboxylic acids is 1. The Morgan fingerprint density at radius 1 is 1.22 bits per heavy atom. The number of rotatable bonds is 4. The Labute approximate surface area is 137 Å². The maximum atomic E-state index is 13.4. The average molecular weight is 316 g/mol. The first kappa shape index (κ1) is 15.1. The molecule has 1 aliphatic carbocycles. The third-order valence-electron chi connectivity index (χ3n) is 5.88. The molecule has 2 aliphatic heterocycles. The number of amides is 1. The lowest BCUT2D eigenvalue weighted by Gasteiger charge is -2.48. The summed E-state index contributed by atoms with van der Waals surface area (Å²) in [4.78, 5) is 17.3. The summed E-state index contributed by atoms with van der Waals surface area (Å²) in [7, 11) is 0. The van der Waals surface area contributed by atoms with E-state index in [1.54, 1.807) is 12.1 Å². The molecule has 0 N–H and O–H groups in total. The van der Waals surface area contributed by atoms with Gasteiger partial charge in [-0.3, -0.25) is 9.69 Å². The Kier molecular flexibility index (Phi) is 4.10. The van der Waals surface area contributed by atoms with Crippen LogP contribution in [0, 0.1) is 17.7 Å². The molecule has 0 unspecified atom stereocenters. The SMILES string of the molecule is O=C1[C@H]2C[C@H](CCN2CC2CCC2)CN1Cc1cccc(F)c1. The fourth-order valence-electron chi connectivity index (χ4n) is 4.35. The normalized spacial score (nSPS) is 28.7. The third kappa shape index (κ3) is 3.14. The highest BCUT2D eigenvalue weighted by Gasteiger charge is 2.41. The van der Waals surface area contributed by atoms with E-state index >= 15 is 0 Å². The van der Waals surface area contributed by atoms with Gasteiger partial charge in [0.05, 0.1) is 6.04 Å². The number of hydrogen-bond donors (Lipinski definition) is 0. The quantitative estimate of drug-likeness (QED) is 0.852. The van der Waals surface area contributed by atoms with Crippen molar-refractivity contribution in [3.05, 3.63) is 35.6 Å². The largest absolute Gasteiger partial charge is 0.337 e. The molecular formula is C19H25FN2O. The van der Waals surface area contributed by atoms with Gasteiger partial charge in [-0.25, -0.2) is 4.39 Å². The highest BCUT2D eigenvalue weighted by atomic mass is 19.1. The van der Waals surface area contributed by atoms with Gasteiger partial charge in [-0.05, 0) is 61.8 Å². The summed E-state index contributed by atoms with van der Waals surface area (Å²) in [5.74, 6) is 1.45. The van der Waals surface area contributed by atoms with Crippen molar-refractivity contribution in [3.63, 3.8) is 0 Å². The Balaban J connectivity index is 1.46. The zero-order valence-corrected chi connectivity index (χ0v) is 13.6. The van der Waals surface area contributed by atoms with Crippen molar-refractivity contribution >= 4 is 5.91 Å². The maximum absolute atomic E-state index is 13.4. The van der Waals surface area contributed by atoms with Crippen molar-refractivity contribution < 1.29 is 9.18 Å². The van der Waals surface area contributed by atoms with Gasteiger partial charge in [0.25, 0.3) is 0 Å². The molecule has 124 valence electrons. The first-order valence-electron chi connectivity index (χ1n) is 8.96. The lowest BCUT2D eigenvalue weighted by molar-refractivity contribution is -0.147. The molecule has 0 radical (unpaired) electrons. The highest BCUT2D eigenvalue weighted by Crippen LogP contribution is 2.34. The molecule has 23 heavy (non-hydrogen) atoms. The minimum absolute atomic E-state index is 0.0664. The van der Waals surface area contributed by atoms with E-state index in [4.69, 9.17) is 0 Å². The molecular weight excluding hydrogens is 291 g/mol. The van der Waals surface area contributed by atoms with Gasteiger partial charge in [0.1, 0.15) is 5.82 Å². The van der Waals surface area contributed by atoms with E-state index in [1.807, 2.05) is 11.0 Å². The first-order valence-corrected chi connectivity index (χ1v) is 8.96. The fraction of sp³-hybridized carbons (Fsp3) is 0.632. The second-order valence-electron chi connectivity index (χ2n) is 7.55. The molecule has 0 spiro atoms. The predicted octanol–water partition coefficient (Wildman–Crippen LogP) is 3.05. The summed E-state index contributed by atoms with van der Waals surface area (Å²) in [6.07, 6.45) is 6.22. The van der Waals surface area contributed by atoms with Gasteiger partial charge in [-0.1, -0.05) is 18.6 Å². The van der Waals surface area contributed by atoms with Gasteiger partial charge in [0.15, 0.2) is 0 Å². The van der Waals surface area contributed by atoms with Crippen molar-refractivity contribution in [2.24, 2.45) is 11.8 Å². The number of hydrogen-bond acceptors (Lipinski definition) is 2. The van der Waals surface area contributed by atoms with E-state index in [2.05, 4.69) is 4.90 Å². The Morgan fingerprint density at radius 3 is 2.83 bits per heavy atom. The second-order valence-corrected chi connectivity index (χ2v) is 7.55. The third-order valence-corrected chi connectivity index (χ3v) is 5.88. The molecule has 3 nitrogen and oxygen atoms in total. The number of benzene rings is 1. The molecule has 2 saturated heterocycles. The van der Waals surface area contributed by atoms with Crippen LogP contribution in [-0.4, -0.2) is 41.4 Å². The van der Waals surface area contributed by atoms with Gasteiger partial charge in [0.2, 0.25) is 5.91 Å². The molecule has 4 rings (SSSR count). The lowest BCUT2D eigenvalue weighted by atomic mass is 9.81. The number of carbonyl (C=O) groups is 1. The summed E-state index contributed by atoms with van der Waals surface area (Å²) in [6, 6.07) is 6.70. The number of halogens is 1. The van der Waals surface area contributed by atoms with Gasteiger partial charge >= 0.3 is 0 Å². The van der Waals surface area contributed by atoms with Crippen LogP contribution in [0.2, 0.25) is 0 Å². The van der Waals surface area contributed by atoms with Gasteiger partial charge < -0.3 is 4.90 Å². The van der Waals surface area contributed by atoms with E-state index in [0.717, 1.165) is 37.5 Å². The van der Waals surface area contributed by atoms with Crippen LogP contribution in [0.4, 0.5) is 4.39 Å². The van der Waals surface area contributed by atoms with E-state index in [9.17, 15) is 9.18 Å². The van der Waals surface area contributed by atoms with Gasteiger partial charge in [-0.2, -0.15) is 0 Å². The summed E-state index contributed by atoms with van der Waals surface area (Å²) in [5.41, 5.74) is 0.892. The Morgan fingerprint density at radius 2 is 2.09 bits per heavy atom. The van der Waals surface area contributed by atoms with Crippen LogP contribution in [-0.2, 0) is 11.3 Å². The zero-order valence-electron chi connectivity index (χ0n) is 13.6. The first-order chi connectivity index (χ1) is 11.2. The molecule has 4 heteroatoms. The van der Waals surface area contributed by atoms with Crippen molar-refractivity contribution in [1.29, 1.82) is 0 Å². The zero-order chi connectivity index (χ0) is 15.8. The second kappa shape index (κ2) is 6.23. The topological polar surface area (TPSA) is 23.6 Å². The van der Waals surface area contributed by atoms with Crippen LogP contribution in [0.25, 0.3) is 0 Å². The van der Waals surface area contributed by atoms with Crippen molar-refractivity contribution in [1.82, 2.24) is 9.80 Å². The summed E-state index contributed by atoms with van der Waals surface area (Å²) in [6.45, 7) is 3.55. The average Bonchev–Trinajstić information content (AvgIpc) is 2.49. The number of fused-ring (bicyclic) bond motifs is 2. The monoisotopic (exact) mass is 316 g/mol. The van der Waals surface area contributed by atoms with Crippen molar-refractivity contribution in [3.8, 4) is 0 Å². The number of nitrogens with zero attached hydrogens (tertiary/aromatic N) is 2. The fourth-order valence-corrected chi connectivity index (χ4v) is 4.35. The molecule has 1 amide bonds. The standard InChI is InChI=1S/C19H25FN2O/c20-17-6-2-5-15(9-17)12-22-13-16-7-8-21(11-14-3-1-4-14)18(10-16)19(22)23/h2,5-6,9,14,16,18H,1,3-4,7-8,10-13H2/t16-,18+/m0/s1. The Hall–Kier alpha value is -1.42. The minimum Gasteiger partial charge on any atom is -0.337 e. The van der Waals surface area contributed by atoms with E-state index in [1.165, 1.54) is 31.7 Å². The van der Waals surface area contributed by atoms with E-state index < -0.39 is 0 Å². The molecule has 3 fully saturated rings. The molecule has 3 aliphatic rings. The van der Waals surface area contributed by atoms with Crippen molar-refractivity contribution in [2.75, 3.05) is 19.6 Å². The minimum atomic E-state index is -0.223. The molecule has 2 bridgehead atoms. The van der Waals surface area contributed by atoms with Crippen LogP contribution in [0.3, 0.4) is 0 Å². The number of likely N-dealkylation sites (tertiary alicyclic amines) is 2. The van der Waals surface area contributed by atoms with Crippen LogP contribution in [0.5, 0.6) is 0 Å². The smallest absolute Gasteiger partial charge is 0.240 e. The van der Waals surface area contributed by atoms with Crippen LogP contribution < -0.4 is 0 Å². The highest BCUT2D eigenvalue weighted by molar-refractivity contribution is 5.83. The van der Waals surface area contributed by atoms with Gasteiger partial charge in [-0.15, -0.1) is 0 Å². The maximum Gasteiger partial charge on any atom is 0.240 e. The van der Waals surface area contributed by atoms with Crippen LogP contribution in [0.1, 0.15) is 37.7 Å². The number of piperidine rings is 2. The predicted molar refractivity (Wildman–Crippen MR) is 87.2 cm³/mol. The van der Waals surface area contributed by atoms with Crippen LogP contribution in [0.15, 0.2) is 24.3 Å². The molecule has 2 heterocycles. The van der Waals surface area contributed by atoms with Crippen molar-refractivity contribution in [2.45, 2.75) is 44.7 Å².